The Hall–Kier alpha value is -1.53. The second kappa shape index (κ2) is 7.61. The molecule has 2 aromatic rings. The van der Waals surface area contributed by atoms with E-state index in [1.54, 1.807) is 11.8 Å². The Balaban J connectivity index is 1.64. The normalized spacial score (nSPS) is 18.6. The highest BCUT2D eigenvalue weighted by atomic mass is 35.5. The number of anilines is 2. The third kappa shape index (κ3) is 3.62. The summed E-state index contributed by atoms with van der Waals surface area (Å²) in [7, 11) is 2.18. The van der Waals surface area contributed by atoms with Crippen LogP contribution in [0.5, 0.6) is 0 Å². The van der Waals surface area contributed by atoms with Gasteiger partial charge < -0.3 is 4.90 Å². The molecule has 0 spiro atoms. The first-order valence-electron chi connectivity index (χ1n) is 8.90. The smallest absolute Gasteiger partial charge is 0.106 e. The third-order valence-electron chi connectivity index (χ3n) is 4.91. The Morgan fingerprint density at radius 2 is 1.77 bits per heavy atom. The zero-order chi connectivity index (χ0) is 18.1. The zero-order valence-electron chi connectivity index (χ0n) is 15.2. The number of hydrogen-bond donors (Lipinski definition) is 0. The summed E-state index contributed by atoms with van der Waals surface area (Å²) in [6.45, 7) is 7.19. The molecule has 1 fully saturated rings. The monoisotopic (exact) mass is 386 g/mol. The van der Waals surface area contributed by atoms with E-state index in [2.05, 4.69) is 59.0 Å². The zero-order valence-corrected chi connectivity index (χ0v) is 16.7. The lowest BCUT2D eigenvalue weighted by Gasteiger charge is -2.34. The van der Waals surface area contributed by atoms with Gasteiger partial charge in [-0.3, -0.25) is 14.8 Å². The molecule has 4 rings (SSSR count). The Bertz CT molecular complexity index is 830. The van der Waals surface area contributed by atoms with Crippen LogP contribution in [0.25, 0.3) is 0 Å². The van der Waals surface area contributed by atoms with Crippen molar-refractivity contribution in [3.63, 3.8) is 0 Å². The number of para-hydroxylation sites is 1. The van der Waals surface area contributed by atoms with Gasteiger partial charge in [-0.1, -0.05) is 35.5 Å². The average Bonchev–Trinajstić information content (AvgIpc) is 2.65. The minimum atomic E-state index is 0.737. The third-order valence-corrected chi connectivity index (χ3v) is 6.27. The van der Waals surface area contributed by atoms with E-state index in [-0.39, 0.29) is 0 Å². The summed E-state index contributed by atoms with van der Waals surface area (Å²) < 4.78 is 0. The van der Waals surface area contributed by atoms with Gasteiger partial charge in [-0.15, -0.1) is 0 Å². The Kier molecular flexibility index (Phi) is 5.23. The summed E-state index contributed by atoms with van der Waals surface area (Å²) in [6.07, 6.45) is 0. The molecule has 0 saturated carbocycles. The van der Waals surface area contributed by atoms with Gasteiger partial charge >= 0.3 is 0 Å². The van der Waals surface area contributed by atoms with Gasteiger partial charge in [0, 0.05) is 41.0 Å². The van der Waals surface area contributed by atoms with Crippen LogP contribution >= 0.6 is 23.4 Å². The van der Waals surface area contributed by atoms with Gasteiger partial charge in [0.15, 0.2) is 0 Å². The van der Waals surface area contributed by atoms with Crippen molar-refractivity contribution in [2.45, 2.75) is 16.7 Å². The molecule has 26 heavy (non-hydrogen) atoms. The summed E-state index contributed by atoms with van der Waals surface area (Å²) in [5, 5.41) is 0.751. The minimum Gasteiger partial charge on any atom is -0.304 e. The molecule has 0 bridgehead atoms. The molecule has 2 aromatic carbocycles. The maximum absolute atomic E-state index is 6.30. The molecule has 136 valence electrons. The van der Waals surface area contributed by atoms with Gasteiger partial charge in [-0.2, -0.15) is 0 Å². The second-order valence-electron chi connectivity index (χ2n) is 6.79. The van der Waals surface area contributed by atoms with Crippen molar-refractivity contribution in [3.8, 4) is 0 Å². The number of rotatable bonds is 2. The van der Waals surface area contributed by atoms with Crippen molar-refractivity contribution in [1.82, 2.24) is 9.80 Å². The van der Waals surface area contributed by atoms with E-state index in [0.717, 1.165) is 49.4 Å². The molecule has 2 aliphatic rings. The number of aliphatic imine (C=N–C) groups is 1. The molecule has 2 aliphatic heterocycles. The predicted molar refractivity (Wildman–Crippen MR) is 111 cm³/mol. The SMILES string of the molecule is CC(=NCN1CCN(C)CC1)N1c2ccccc2Sc2ccc(Cl)cc21. The lowest BCUT2D eigenvalue weighted by atomic mass is 10.2. The quantitative estimate of drug-likeness (QED) is 0.557. The highest BCUT2D eigenvalue weighted by molar-refractivity contribution is 7.99. The predicted octanol–water partition coefficient (Wildman–Crippen LogP) is 4.57. The van der Waals surface area contributed by atoms with E-state index in [1.807, 2.05) is 12.1 Å². The van der Waals surface area contributed by atoms with Crippen LogP contribution in [0.15, 0.2) is 57.2 Å². The Morgan fingerprint density at radius 1 is 1.04 bits per heavy atom. The number of hydrogen-bond acceptors (Lipinski definition) is 4. The van der Waals surface area contributed by atoms with Crippen LogP contribution in [0, 0.1) is 0 Å². The van der Waals surface area contributed by atoms with Gasteiger partial charge in [0.2, 0.25) is 0 Å². The van der Waals surface area contributed by atoms with E-state index in [9.17, 15) is 0 Å². The van der Waals surface area contributed by atoms with E-state index in [1.165, 1.54) is 15.5 Å². The molecule has 4 nitrogen and oxygen atoms in total. The van der Waals surface area contributed by atoms with Crippen LogP contribution in [0.2, 0.25) is 5.02 Å². The molecule has 0 aromatic heterocycles. The van der Waals surface area contributed by atoms with E-state index < -0.39 is 0 Å². The number of halogens is 1. The van der Waals surface area contributed by atoms with Crippen LogP contribution in [0.1, 0.15) is 6.92 Å². The molecule has 0 amide bonds. The van der Waals surface area contributed by atoms with Crippen molar-refractivity contribution in [2.24, 2.45) is 4.99 Å². The Labute approximate surface area is 164 Å². The number of likely N-dealkylation sites (N-methyl/N-ethyl adjacent to an activating group) is 1. The molecule has 0 atom stereocenters. The topological polar surface area (TPSA) is 22.1 Å². The van der Waals surface area contributed by atoms with Gasteiger partial charge in [-0.25, -0.2) is 0 Å². The summed E-state index contributed by atoms with van der Waals surface area (Å²) in [4.78, 5) is 14.4. The van der Waals surface area contributed by atoms with Gasteiger partial charge in [0.25, 0.3) is 0 Å². The lowest BCUT2D eigenvalue weighted by Crippen LogP contribution is -2.44. The Morgan fingerprint density at radius 3 is 2.58 bits per heavy atom. The molecule has 0 radical (unpaired) electrons. The lowest BCUT2D eigenvalue weighted by molar-refractivity contribution is 0.158. The minimum absolute atomic E-state index is 0.737. The van der Waals surface area contributed by atoms with Gasteiger partial charge in [0.05, 0.1) is 18.0 Å². The van der Waals surface area contributed by atoms with Gasteiger partial charge in [-0.05, 0) is 44.3 Å². The molecule has 6 heteroatoms. The number of nitrogens with zero attached hydrogens (tertiary/aromatic N) is 4. The maximum Gasteiger partial charge on any atom is 0.106 e. The van der Waals surface area contributed by atoms with E-state index in [0.29, 0.717) is 0 Å². The fourth-order valence-electron chi connectivity index (χ4n) is 3.34. The average molecular weight is 387 g/mol. The van der Waals surface area contributed by atoms with E-state index in [4.69, 9.17) is 16.6 Å². The second-order valence-corrected chi connectivity index (χ2v) is 8.31. The summed E-state index contributed by atoms with van der Waals surface area (Å²) >= 11 is 8.09. The fraction of sp³-hybridized carbons (Fsp3) is 0.350. The van der Waals surface area contributed by atoms with Crippen LogP contribution in [-0.2, 0) is 0 Å². The standard InChI is InChI=1S/C20H23ClN4S/c1-15(22-14-24-11-9-23(2)10-12-24)25-17-5-3-4-6-19(17)26-20-8-7-16(21)13-18(20)25/h3-8,13H,9-12,14H2,1-2H3. The molecule has 0 aliphatic carbocycles. The van der Waals surface area contributed by atoms with Crippen molar-refractivity contribution in [1.29, 1.82) is 0 Å². The highest BCUT2D eigenvalue weighted by Crippen LogP contribution is 2.48. The van der Waals surface area contributed by atoms with E-state index >= 15 is 0 Å². The first-order valence-corrected chi connectivity index (χ1v) is 10.1. The molecule has 0 N–H and O–H groups in total. The fourth-order valence-corrected chi connectivity index (χ4v) is 4.54. The molecular formula is C20H23ClN4S. The van der Waals surface area contributed by atoms with Crippen molar-refractivity contribution >= 4 is 40.6 Å². The number of benzene rings is 2. The van der Waals surface area contributed by atoms with Crippen molar-refractivity contribution in [3.05, 3.63) is 47.5 Å². The number of amidine groups is 1. The first-order chi connectivity index (χ1) is 12.6. The largest absolute Gasteiger partial charge is 0.304 e. The summed E-state index contributed by atoms with van der Waals surface area (Å²) in [5.74, 6) is 1.00. The summed E-state index contributed by atoms with van der Waals surface area (Å²) in [6, 6.07) is 14.6. The first kappa shape index (κ1) is 17.9. The molecule has 2 heterocycles. The van der Waals surface area contributed by atoms with Crippen LogP contribution in [0.4, 0.5) is 11.4 Å². The maximum atomic E-state index is 6.30. The van der Waals surface area contributed by atoms with Crippen LogP contribution in [0.3, 0.4) is 0 Å². The van der Waals surface area contributed by atoms with Crippen molar-refractivity contribution < 1.29 is 0 Å². The van der Waals surface area contributed by atoms with Crippen molar-refractivity contribution in [2.75, 3.05) is 44.8 Å². The summed E-state index contributed by atoms with van der Waals surface area (Å²) in [5.41, 5.74) is 2.28. The molecule has 0 unspecified atom stereocenters. The molecule has 1 saturated heterocycles. The highest BCUT2D eigenvalue weighted by Gasteiger charge is 2.25. The van der Waals surface area contributed by atoms with Gasteiger partial charge in [0.1, 0.15) is 5.84 Å². The number of piperazine rings is 1. The van der Waals surface area contributed by atoms with Crippen LogP contribution in [-0.4, -0.2) is 55.5 Å². The molecular weight excluding hydrogens is 364 g/mol. The van der Waals surface area contributed by atoms with Crippen LogP contribution < -0.4 is 4.90 Å². The number of fused-ring (bicyclic) bond motifs is 2.